The average Bonchev–Trinajstić information content (AvgIpc) is 3.45. The number of nitrogens with one attached hydrogen (secondary N) is 1. The molecule has 0 amide bonds. The van der Waals surface area contributed by atoms with Gasteiger partial charge in [0.05, 0.1) is 25.1 Å². The van der Waals surface area contributed by atoms with E-state index in [4.69, 9.17) is 4.74 Å². The summed E-state index contributed by atoms with van der Waals surface area (Å²) in [5, 5.41) is 22.2. The van der Waals surface area contributed by atoms with E-state index in [1.54, 1.807) is 35.1 Å². The van der Waals surface area contributed by atoms with Gasteiger partial charge in [-0.05, 0) is 18.2 Å². The highest BCUT2D eigenvalue weighted by Gasteiger charge is 2.20. The number of aromatic nitrogens is 4. The summed E-state index contributed by atoms with van der Waals surface area (Å²) >= 11 is 0. The predicted octanol–water partition coefficient (Wildman–Crippen LogP) is 2.84. The van der Waals surface area contributed by atoms with E-state index in [1.165, 1.54) is 6.07 Å². The summed E-state index contributed by atoms with van der Waals surface area (Å²) in [5.41, 5.74) is 3.87. The smallest absolute Gasteiger partial charge is 0.208 e. The molecule has 31 heavy (non-hydrogen) atoms. The first kappa shape index (κ1) is 19.0. The normalized spacial score (nSPS) is 12.4. The Kier molecular flexibility index (Phi) is 4.69. The zero-order valence-electron chi connectivity index (χ0n) is 16.3. The number of halogens is 1. The van der Waals surface area contributed by atoms with Crippen molar-refractivity contribution in [3.63, 3.8) is 0 Å². The number of fused-ring (bicyclic) bond motifs is 2. The Labute approximate surface area is 176 Å². The first-order chi connectivity index (χ1) is 15.2. The number of hydrogen-bond acceptors (Lipinski definition) is 7. The molecule has 8 nitrogen and oxygen atoms in total. The van der Waals surface area contributed by atoms with Crippen molar-refractivity contribution in [1.29, 1.82) is 5.26 Å². The molecule has 0 fully saturated rings. The predicted molar refractivity (Wildman–Crippen MR) is 110 cm³/mol. The van der Waals surface area contributed by atoms with Crippen molar-refractivity contribution in [1.82, 2.24) is 19.4 Å². The molecule has 0 unspecified atom stereocenters. The Balaban J connectivity index is 1.57. The number of aliphatic hydroxyl groups is 1. The fourth-order valence-corrected chi connectivity index (χ4v) is 3.84. The Morgan fingerprint density at radius 2 is 2.16 bits per heavy atom. The Bertz CT molecular complexity index is 1340. The van der Waals surface area contributed by atoms with Crippen LogP contribution < -0.4 is 10.1 Å². The third-order valence-electron chi connectivity index (χ3n) is 5.30. The maximum atomic E-state index is 14.5. The lowest BCUT2D eigenvalue weighted by molar-refractivity contribution is 0.277. The fraction of sp³-hybridized carbons (Fsp3) is 0.182. The number of ether oxygens (including phenoxy) is 1. The zero-order valence-corrected chi connectivity index (χ0v) is 16.3. The van der Waals surface area contributed by atoms with Crippen molar-refractivity contribution in [2.45, 2.75) is 19.6 Å². The van der Waals surface area contributed by atoms with Crippen molar-refractivity contribution in [2.24, 2.45) is 0 Å². The number of pyridine rings is 1. The average molecular weight is 416 g/mol. The van der Waals surface area contributed by atoms with E-state index in [-0.39, 0.29) is 24.7 Å². The van der Waals surface area contributed by atoms with Crippen LogP contribution in [0.1, 0.15) is 22.5 Å². The van der Waals surface area contributed by atoms with Crippen LogP contribution in [-0.2, 0) is 19.6 Å². The maximum Gasteiger partial charge on any atom is 0.208 e. The number of aliphatic hydroxyl groups excluding tert-OH is 1. The number of hydrogen-bond donors (Lipinski definition) is 2. The molecule has 2 N–H and O–H groups in total. The van der Waals surface area contributed by atoms with Crippen molar-refractivity contribution < 1.29 is 14.2 Å². The van der Waals surface area contributed by atoms with Crippen molar-refractivity contribution in [3.8, 4) is 22.9 Å². The van der Waals surface area contributed by atoms with E-state index >= 15 is 0 Å². The van der Waals surface area contributed by atoms with E-state index in [9.17, 15) is 14.8 Å². The Morgan fingerprint density at radius 1 is 1.26 bits per heavy atom. The van der Waals surface area contributed by atoms with Gasteiger partial charge in [0.15, 0.2) is 11.3 Å². The maximum absolute atomic E-state index is 14.5. The third kappa shape index (κ3) is 3.23. The third-order valence-corrected chi connectivity index (χ3v) is 5.30. The number of nitrogens with zero attached hydrogens (tertiary/aromatic N) is 5. The Morgan fingerprint density at radius 3 is 3.00 bits per heavy atom. The number of anilines is 1. The van der Waals surface area contributed by atoms with Crippen LogP contribution in [0.3, 0.4) is 0 Å². The molecule has 0 atom stereocenters. The van der Waals surface area contributed by atoms with Gasteiger partial charge in [0.1, 0.15) is 17.6 Å². The molecule has 0 aliphatic carbocycles. The fourth-order valence-electron chi connectivity index (χ4n) is 3.84. The highest BCUT2D eigenvalue weighted by molar-refractivity contribution is 5.79. The van der Waals surface area contributed by atoms with Gasteiger partial charge in [0, 0.05) is 47.6 Å². The summed E-state index contributed by atoms with van der Waals surface area (Å²) in [7, 11) is 0. The molecule has 5 rings (SSSR count). The molecule has 1 aliphatic rings. The summed E-state index contributed by atoms with van der Waals surface area (Å²) in [6.45, 7) is 0.498. The van der Waals surface area contributed by atoms with Crippen molar-refractivity contribution in [2.75, 3.05) is 11.9 Å². The molecule has 1 aliphatic heterocycles. The highest BCUT2D eigenvalue weighted by Crippen LogP contribution is 2.31. The molecule has 1 aromatic carbocycles. The van der Waals surface area contributed by atoms with Crippen LogP contribution in [0.25, 0.3) is 16.8 Å². The minimum absolute atomic E-state index is 0.203. The second kappa shape index (κ2) is 7.66. The van der Waals surface area contributed by atoms with E-state index < -0.39 is 0 Å². The van der Waals surface area contributed by atoms with Crippen LogP contribution in [0.2, 0.25) is 0 Å². The molecule has 0 saturated heterocycles. The van der Waals surface area contributed by atoms with Crippen molar-refractivity contribution >= 4 is 11.6 Å². The molecule has 3 aromatic heterocycles. The van der Waals surface area contributed by atoms with E-state index in [1.807, 2.05) is 12.1 Å². The monoisotopic (exact) mass is 416 g/mol. The molecule has 4 aromatic rings. The topological polar surface area (TPSA) is 108 Å². The quantitative estimate of drug-likeness (QED) is 0.515. The molecule has 154 valence electrons. The van der Waals surface area contributed by atoms with E-state index in [2.05, 4.69) is 20.3 Å². The zero-order chi connectivity index (χ0) is 21.4. The summed E-state index contributed by atoms with van der Waals surface area (Å²) in [6, 6.07) is 8.65. The molecule has 0 saturated carbocycles. The second-order valence-electron chi connectivity index (χ2n) is 7.04. The number of rotatable bonds is 5. The van der Waals surface area contributed by atoms with Gasteiger partial charge in [0.2, 0.25) is 5.95 Å². The molecule has 4 heterocycles. The standard InChI is InChI=1S/C22H17FN6O2/c23-18-3-4-20-15(5-7-31-20)16(18)9-26-22-27-10-17(14-2-1-6-25-19(14)12-30)21-28-13(8-24)11-29(21)22/h1-4,6,10-11,30H,5,7,9,12H2,(H,26,27). The van der Waals surface area contributed by atoms with Crippen LogP contribution >= 0.6 is 0 Å². The van der Waals surface area contributed by atoms with Gasteiger partial charge < -0.3 is 15.2 Å². The largest absolute Gasteiger partial charge is 0.493 e. The van der Waals surface area contributed by atoms with Gasteiger partial charge in [-0.15, -0.1) is 0 Å². The molecular formula is C22H17FN6O2. The lowest BCUT2D eigenvalue weighted by Gasteiger charge is -2.13. The highest BCUT2D eigenvalue weighted by atomic mass is 19.1. The lowest BCUT2D eigenvalue weighted by atomic mass is 10.0. The van der Waals surface area contributed by atoms with Crippen molar-refractivity contribution in [3.05, 3.63) is 71.2 Å². The molecule has 0 bridgehead atoms. The molecular weight excluding hydrogens is 399 g/mol. The van der Waals surface area contributed by atoms with Crippen LogP contribution in [0.5, 0.6) is 5.75 Å². The summed E-state index contributed by atoms with van der Waals surface area (Å²) in [6.07, 6.45) is 5.42. The summed E-state index contributed by atoms with van der Waals surface area (Å²) < 4.78 is 21.7. The molecule has 0 spiro atoms. The van der Waals surface area contributed by atoms with Gasteiger partial charge in [0.25, 0.3) is 0 Å². The SMILES string of the molecule is N#Cc1cn2c(NCc3c(F)ccc4c3CCO4)ncc(-c3cccnc3CO)c2n1. The summed E-state index contributed by atoms with van der Waals surface area (Å²) in [5.74, 6) is 0.808. The lowest BCUT2D eigenvalue weighted by Crippen LogP contribution is -2.10. The summed E-state index contributed by atoms with van der Waals surface area (Å²) in [4.78, 5) is 13.1. The first-order valence-electron chi connectivity index (χ1n) is 9.70. The number of nitriles is 1. The van der Waals surface area contributed by atoms with Crippen LogP contribution in [0.4, 0.5) is 10.3 Å². The second-order valence-corrected chi connectivity index (χ2v) is 7.04. The minimum atomic E-state index is -0.309. The molecule has 9 heteroatoms. The Hall–Kier alpha value is -4.03. The van der Waals surface area contributed by atoms with E-state index in [0.717, 1.165) is 5.56 Å². The van der Waals surface area contributed by atoms with Gasteiger partial charge in [-0.1, -0.05) is 6.07 Å². The minimum Gasteiger partial charge on any atom is -0.493 e. The van der Waals surface area contributed by atoms with Crippen LogP contribution in [0, 0.1) is 17.1 Å². The van der Waals surface area contributed by atoms with Crippen LogP contribution in [-0.4, -0.2) is 31.1 Å². The van der Waals surface area contributed by atoms with Gasteiger partial charge in [-0.2, -0.15) is 5.26 Å². The van der Waals surface area contributed by atoms with Crippen LogP contribution in [0.15, 0.2) is 42.9 Å². The molecule has 0 radical (unpaired) electrons. The number of imidazole rings is 1. The van der Waals surface area contributed by atoms with Gasteiger partial charge in [-0.25, -0.2) is 14.4 Å². The van der Waals surface area contributed by atoms with Gasteiger partial charge >= 0.3 is 0 Å². The van der Waals surface area contributed by atoms with Gasteiger partial charge in [-0.3, -0.25) is 9.38 Å². The number of benzene rings is 1. The van der Waals surface area contributed by atoms with E-state index in [0.29, 0.717) is 52.8 Å². The first-order valence-corrected chi connectivity index (χ1v) is 9.70.